The molecule has 0 spiro atoms. The molecule has 1 amide bonds. The molecule has 0 unspecified atom stereocenters. The van der Waals surface area contributed by atoms with Crippen LogP contribution in [0.15, 0.2) is 64.5 Å². The third-order valence-electron chi connectivity index (χ3n) is 5.87. The summed E-state index contributed by atoms with van der Waals surface area (Å²) >= 11 is 1.49. The molecule has 1 saturated heterocycles. The van der Waals surface area contributed by atoms with Gasteiger partial charge in [0.2, 0.25) is 0 Å². The van der Waals surface area contributed by atoms with E-state index >= 15 is 0 Å². The molecule has 1 aliphatic carbocycles. The summed E-state index contributed by atoms with van der Waals surface area (Å²) in [5.41, 5.74) is 1.88. The van der Waals surface area contributed by atoms with Crippen molar-refractivity contribution in [3.05, 3.63) is 65.1 Å². The minimum atomic E-state index is 0.0738. The first-order chi connectivity index (χ1) is 15.2. The van der Waals surface area contributed by atoms with E-state index in [1.807, 2.05) is 65.6 Å². The Kier molecular flexibility index (Phi) is 7.13. The number of carbonyl (C=O) groups is 1. The molecule has 0 bridgehead atoms. The highest BCUT2D eigenvalue weighted by Crippen LogP contribution is 2.40. The van der Waals surface area contributed by atoms with Crippen molar-refractivity contribution in [1.29, 1.82) is 0 Å². The Bertz CT molecular complexity index is 953. The number of thioether (sulfide) groups is 1. The SMILES string of the molecule is CCCOc1ccc(/C=C2\SC(=Nc3ccccc3)N([C@@H]3CCCC[C@@H]3C)C2=O)cc1. The summed E-state index contributed by atoms with van der Waals surface area (Å²) in [6.07, 6.45) is 7.57. The first-order valence-corrected chi connectivity index (χ1v) is 12.1. The largest absolute Gasteiger partial charge is 0.494 e. The number of aliphatic imine (C=N–C) groups is 1. The van der Waals surface area contributed by atoms with Crippen LogP contribution in [0.3, 0.4) is 0 Å². The Morgan fingerprint density at radius 2 is 1.84 bits per heavy atom. The molecule has 0 radical (unpaired) electrons. The molecule has 2 atom stereocenters. The van der Waals surface area contributed by atoms with Crippen LogP contribution in [0.25, 0.3) is 6.08 Å². The van der Waals surface area contributed by atoms with Gasteiger partial charge in [0.25, 0.3) is 5.91 Å². The van der Waals surface area contributed by atoms with Crippen molar-refractivity contribution in [1.82, 2.24) is 4.90 Å². The van der Waals surface area contributed by atoms with Gasteiger partial charge in [0.1, 0.15) is 5.75 Å². The maximum Gasteiger partial charge on any atom is 0.267 e. The lowest BCUT2D eigenvalue weighted by Crippen LogP contribution is -2.44. The molecule has 2 aromatic rings. The smallest absolute Gasteiger partial charge is 0.267 e. The maximum atomic E-state index is 13.5. The second kappa shape index (κ2) is 10.2. The predicted molar refractivity (Wildman–Crippen MR) is 130 cm³/mol. The average Bonchev–Trinajstić information content (AvgIpc) is 3.09. The van der Waals surface area contributed by atoms with Crippen molar-refractivity contribution >= 4 is 34.6 Å². The lowest BCUT2D eigenvalue weighted by molar-refractivity contribution is -0.124. The van der Waals surface area contributed by atoms with E-state index in [-0.39, 0.29) is 11.9 Å². The summed E-state index contributed by atoms with van der Waals surface area (Å²) in [5.74, 6) is 1.41. The molecule has 1 heterocycles. The fourth-order valence-electron chi connectivity index (χ4n) is 4.18. The van der Waals surface area contributed by atoms with Crippen LogP contribution in [0.2, 0.25) is 0 Å². The maximum absolute atomic E-state index is 13.5. The lowest BCUT2D eigenvalue weighted by Gasteiger charge is -2.35. The number of amides is 1. The van der Waals surface area contributed by atoms with Crippen LogP contribution in [0.1, 0.15) is 51.5 Å². The number of amidine groups is 1. The number of benzene rings is 2. The highest BCUT2D eigenvalue weighted by atomic mass is 32.2. The predicted octanol–water partition coefficient (Wildman–Crippen LogP) is 6.66. The van der Waals surface area contributed by atoms with Crippen molar-refractivity contribution in [2.75, 3.05) is 6.61 Å². The van der Waals surface area contributed by atoms with E-state index in [9.17, 15) is 4.79 Å². The van der Waals surface area contributed by atoms with Crippen LogP contribution in [0, 0.1) is 5.92 Å². The van der Waals surface area contributed by atoms with Gasteiger partial charge in [-0.3, -0.25) is 9.69 Å². The molecule has 4 nitrogen and oxygen atoms in total. The topological polar surface area (TPSA) is 41.9 Å². The van der Waals surface area contributed by atoms with Crippen molar-refractivity contribution in [3.63, 3.8) is 0 Å². The van der Waals surface area contributed by atoms with Crippen LogP contribution in [-0.2, 0) is 4.79 Å². The molecule has 0 N–H and O–H groups in total. The fourth-order valence-corrected chi connectivity index (χ4v) is 5.23. The molecular formula is C26H30N2O2S. The zero-order chi connectivity index (χ0) is 21.6. The van der Waals surface area contributed by atoms with Gasteiger partial charge in [0.05, 0.1) is 17.2 Å². The summed E-state index contributed by atoms with van der Waals surface area (Å²) in [4.78, 5) is 21.1. The lowest BCUT2D eigenvalue weighted by atomic mass is 9.85. The second-order valence-electron chi connectivity index (χ2n) is 8.26. The highest BCUT2D eigenvalue weighted by Gasteiger charge is 2.41. The minimum Gasteiger partial charge on any atom is -0.494 e. The quantitative estimate of drug-likeness (QED) is 0.478. The van der Waals surface area contributed by atoms with Gasteiger partial charge in [0, 0.05) is 6.04 Å². The Hall–Kier alpha value is -2.53. The number of para-hydroxylation sites is 1. The molecule has 2 aromatic carbocycles. The number of ether oxygens (including phenoxy) is 1. The van der Waals surface area contributed by atoms with E-state index in [4.69, 9.17) is 9.73 Å². The van der Waals surface area contributed by atoms with Crippen LogP contribution in [0.5, 0.6) is 5.75 Å². The zero-order valence-electron chi connectivity index (χ0n) is 18.3. The van der Waals surface area contributed by atoms with E-state index < -0.39 is 0 Å². The van der Waals surface area contributed by atoms with Crippen molar-refractivity contribution in [2.24, 2.45) is 10.9 Å². The molecule has 4 rings (SSSR count). The molecule has 162 valence electrons. The first kappa shape index (κ1) is 21.7. The summed E-state index contributed by atoms with van der Waals surface area (Å²) in [7, 11) is 0. The molecule has 5 heteroatoms. The van der Waals surface area contributed by atoms with E-state index in [2.05, 4.69) is 13.8 Å². The summed E-state index contributed by atoms with van der Waals surface area (Å²) in [6.45, 7) is 5.07. The minimum absolute atomic E-state index is 0.0738. The van der Waals surface area contributed by atoms with Gasteiger partial charge in [-0.05, 0) is 72.8 Å². The fraction of sp³-hybridized carbons (Fsp3) is 0.385. The molecule has 0 aromatic heterocycles. The van der Waals surface area contributed by atoms with Gasteiger partial charge in [0.15, 0.2) is 5.17 Å². The molecular weight excluding hydrogens is 404 g/mol. The number of carbonyl (C=O) groups excluding carboxylic acids is 1. The van der Waals surface area contributed by atoms with E-state index in [0.29, 0.717) is 12.5 Å². The Morgan fingerprint density at radius 1 is 1.10 bits per heavy atom. The molecule has 31 heavy (non-hydrogen) atoms. The van der Waals surface area contributed by atoms with E-state index in [1.165, 1.54) is 24.6 Å². The summed E-state index contributed by atoms with van der Waals surface area (Å²) in [5, 5.41) is 0.795. The Balaban J connectivity index is 1.63. The number of rotatable bonds is 6. The van der Waals surface area contributed by atoms with Gasteiger partial charge in [-0.15, -0.1) is 0 Å². The Labute approximate surface area is 189 Å². The summed E-state index contributed by atoms with van der Waals surface area (Å²) < 4.78 is 5.67. The number of hydrogen-bond acceptors (Lipinski definition) is 4. The van der Waals surface area contributed by atoms with E-state index in [1.54, 1.807) is 0 Å². The van der Waals surface area contributed by atoms with Gasteiger partial charge in [-0.2, -0.15) is 0 Å². The summed E-state index contributed by atoms with van der Waals surface area (Å²) in [6, 6.07) is 18.1. The molecule has 1 saturated carbocycles. The van der Waals surface area contributed by atoms with Crippen molar-refractivity contribution in [2.45, 2.75) is 52.0 Å². The van der Waals surface area contributed by atoms with Crippen LogP contribution in [-0.4, -0.2) is 28.6 Å². The number of hydrogen-bond donors (Lipinski definition) is 0. The van der Waals surface area contributed by atoms with Gasteiger partial charge >= 0.3 is 0 Å². The van der Waals surface area contributed by atoms with Gasteiger partial charge in [-0.25, -0.2) is 4.99 Å². The normalized spacial score (nSPS) is 24.2. The Morgan fingerprint density at radius 3 is 2.55 bits per heavy atom. The first-order valence-electron chi connectivity index (χ1n) is 11.3. The number of nitrogens with zero attached hydrogens (tertiary/aromatic N) is 2. The highest BCUT2D eigenvalue weighted by molar-refractivity contribution is 8.18. The zero-order valence-corrected chi connectivity index (χ0v) is 19.1. The molecule has 2 aliphatic rings. The van der Waals surface area contributed by atoms with Crippen LogP contribution < -0.4 is 4.74 Å². The molecule has 1 aliphatic heterocycles. The monoisotopic (exact) mass is 434 g/mol. The third-order valence-corrected chi connectivity index (χ3v) is 6.85. The van der Waals surface area contributed by atoms with Crippen molar-refractivity contribution in [3.8, 4) is 5.75 Å². The van der Waals surface area contributed by atoms with E-state index in [0.717, 1.165) is 46.3 Å². The van der Waals surface area contributed by atoms with Gasteiger partial charge < -0.3 is 4.74 Å². The van der Waals surface area contributed by atoms with Crippen LogP contribution >= 0.6 is 11.8 Å². The van der Waals surface area contributed by atoms with Gasteiger partial charge in [-0.1, -0.05) is 57.0 Å². The standard InChI is InChI=1S/C26H30N2O2S/c1-3-17-30-22-15-13-20(14-16-22)18-24-25(29)28(23-12-8-7-9-19(23)2)26(31-24)27-21-10-5-4-6-11-21/h4-6,10-11,13-16,18-19,23H,3,7-9,12,17H2,1-2H3/b24-18-,27-26?/t19-,23+/m0/s1. The second-order valence-corrected chi connectivity index (χ2v) is 9.27. The van der Waals surface area contributed by atoms with Crippen molar-refractivity contribution < 1.29 is 9.53 Å². The average molecular weight is 435 g/mol. The van der Waals surface area contributed by atoms with Crippen LogP contribution in [0.4, 0.5) is 5.69 Å². The third kappa shape index (κ3) is 5.21. The molecule has 2 fully saturated rings.